The van der Waals surface area contributed by atoms with Crippen LogP contribution in [0.3, 0.4) is 0 Å². The van der Waals surface area contributed by atoms with E-state index in [1.807, 2.05) is 30.5 Å². The number of hydrogen-bond donors (Lipinski definition) is 2. The highest BCUT2D eigenvalue weighted by Gasteiger charge is 2.29. The van der Waals surface area contributed by atoms with Gasteiger partial charge in [-0.1, -0.05) is 42.5 Å². The topological polar surface area (TPSA) is 104 Å². The standard InChI is InChI=1S/C30H32N4O4S2/c1-2-38-29-19-24(8-13-28(29)35)20-31-33-30-32-27(21-39-30)25-9-11-26(12-10-25)40(36,37)34-16-14-23(15-17-34)18-22-6-4-3-5-7-22/h3-13,19-21,23,35H,2,14-18H2,1H3,(H,32,33)/b31-20+. The number of benzene rings is 3. The van der Waals surface area contributed by atoms with Crippen molar-refractivity contribution in [2.75, 3.05) is 25.1 Å². The molecule has 3 aromatic carbocycles. The van der Waals surface area contributed by atoms with E-state index in [0.29, 0.717) is 41.4 Å². The molecule has 1 aliphatic rings. The number of hydrogen-bond acceptors (Lipinski definition) is 8. The first-order valence-electron chi connectivity index (χ1n) is 13.3. The van der Waals surface area contributed by atoms with Crippen LogP contribution < -0.4 is 10.2 Å². The van der Waals surface area contributed by atoms with Crippen LogP contribution in [0, 0.1) is 5.92 Å². The molecule has 8 nitrogen and oxygen atoms in total. The smallest absolute Gasteiger partial charge is 0.243 e. The van der Waals surface area contributed by atoms with Crippen LogP contribution in [-0.2, 0) is 16.4 Å². The number of thiazole rings is 1. The number of ether oxygens (including phenoxy) is 1. The Bertz CT molecular complexity index is 1550. The van der Waals surface area contributed by atoms with Crippen LogP contribution in [0.5, 0.6) is 11.5 Å². The monoisotopic (exact) mass is 576 g/mol. The van der Waals surface area contributed by atoms with Gasteiger partial charge in [0.25, 0.3) is 0 Å². The Kier molecular flexibility index (Phi) is 8.78. The Balaban J connectivity index is 1.17. The molecule has 1 aromatic heterocycles. The maximum atomic E-state index is 13.3. The van der Waals surface area contributed by atoms with E-state index in [4.69, 9.17) is 4.74 Å². The van der Waals surface area contributed by atoms with Crippen molar-refractivity contribution < 1.29 is 18.3 Å². The van der Waals surface area contributed by atoms with Gasteiger partial charge < -0.3 is 9.84 Å². The molecule has 1 fully saturated rings. The first kappa shape index (κ1) is 27.8. The number of aromatic hydroxyl groups is 1. The first-order chi connectivity index (χ1) is 19.4. The molecule has 0 spiro atoms. The van der Waals surface area contributed by atoms with Gasteiger partial charge in [-0.3, -0.25) is 5.43 Å². The zero-order chi connectivity index (χ0) is 28.0. The number of phenolic OH excluding ortho intramolecular Hbond substituents is 1. The van der Waals surface area contributed by atoms with Crippen molar-refractivity contribution in [3.63, 3.8) is 0 Å². The van der Waals surface area contributed by atoms with Crippen molar-refractivity contribution in [3.05, 3.63) is 89.3 Å². The quantitative estimate of drug-likeness (QED) is 0.177. The van der Waals surface area contributed by atoms with E-state index in [0.717, 1.165) is 36.1 Å². The lowest BCUT2D eigenvalue weighted by atomic mass is 9.91. The second-order valence-corrected chi connectivity index (χ2v) is 12.4. The molecular formula is C30H32N4O4S2. The molecule has 5 rings (SSSR count). The van der Waals surface area contributed by atoms with Crippen LogP contribution in [0.1, 0.15) is 30.9 Å². The first-order valence-corrected chi connectivity index (χ1v) is 15.6. The van der Waals surface area contributed by atoms with E-state index in [9.17, 15) is 13.5 Å². The molecule has 0 unspecified atom stereocenters. The molecule has 0 amide bonds. The molecule has 2 heterocycles. The summed E-state index contributed by atoms with van der Waals surface area (Å²) in [6, 6.07) is 22.3. The molecule has 208 valence electrons. The largest absolute Gasteiger partial charge is 0.504 e. The number of rotatable bonds is 10. The average molecular weight is 577 g/mol. The summed E-state index contributed by atoms with van der Waals surface area (Å²) in [6.07, 6.45) is 4.34. The summed E-state index contributed by atoms with van der Waals surface area (Å²) in [7, 11) is -3.54. The van der Waals surface area contributed by atoms with Crippen LogP contribution >= 0.6 is 11.3 Å². The summed E-state index contributed by atoms with van der Waals surface area (Å²) in [5.74, 6) is 0.987. The molecular weight excluding hydrogens is 544 g/mol. The highest BCUT2D eigenvalue weighted by molar-refractivity contribution is 7.89. The molecule has 1 saturated heterocycles. The second-order valence-electron chi connectivity index (χ2n) is 9.63. The third-order valence-corrected chi connectivity index (χ3v) is 9.55. The summed E-state index contributed by atoms with van der Waals surface area (Å²) < 4.78 is 33.6. The number of sulfonamides is 1. The van der Waals surface area contributed by atoms with E-state index in [2.05, 4.69) is 27.6 Å². The number of aromatic nitrogens is 1. The zero-order valence-electron chi connectivity index (χ0n) is 22.2. The molecule has 10 heteroatoms. The Labute approximate surface area is 239 Å². The number of nitrogens with one attached hydrogen (secondary N) is 1. The molecule has 4 aromatic rings. The Morgan fingerprint density at radius 2 is 1.85 bits per heavy atom. The number of anilines is 1. The van der Waals surface area contributed by atoms with Gasteiger partial charge in [-0.2, -0.15) is 9.41 Å². The van der Waals surface area contributed by atoms with E-state index in [-0.39, 0.29) is 5.75 Å². The van der Waals surface area contributed by atoms with E-state index in [1.165, 1.54) is 16.9 Å². The Morgan fingerprint density at radius 1 is 1.10 bits per heavy atom. The van der Waals surface area contributed by atoms with E-state index >= 15 is 0 Å². The highest BCUT2D eigenvalue weighted by Crippen LogP contribution is 2.30. The van der Waals surface area contributed by atoms with Gasteiger partial charge in [0.05, 0.1) is 23.4 Å². The fourth-order valence-corrected chi connectivity index (χ4v) is 6.89. The summed E-state index contributed by atoms with van der Waals surface area (Å²) >= 11 is 1.40. The van der Waals surface area contributed by atoms with Gasteiger partial charge in [0.1, 0.15) is 0 Å². The van der Waals surface area contributed by atoms with Crippen LogP contribution in [-0.4, -0.2) is 48.7 Å². The number of piperidine rings is 1. The van der Waals surface area contributed by atoms with Crippen LogP contribution in [0.15, 0.2) is 88.2 Å². The third-order valence-electron chi connectivity index (χ3n) is 6.89. The minimum absolute atomic E-state index is 0.0822. The molecule has 0 aliphatic carbocycles. The van der Waals surface area contributed by atoms with Gasteiger partial charge in [0, 0.05) is 24.0 Å². The van der Waals surface area contributed by atoms with Gasteiger partial charge in [-0.25, -0.2) is 13.4 Å². The molecule has 0 radical (unpaired) electrons. The summed E-state index contributed by atoms with van der Waals surface area (Å²) in [4.78, 5) is 4.87. The lowest BCUT2D eigenvalue weighted by Crippen LogP contribution is -2.38. The lowest BCUT2D eigenvalue weighted by Gasteiger charge is -2.31. The third kappa shape index (κ3) is 6.70. The predicted octanol–water partition coefficient (Wildman–Crippen LogP) is 6.00. The summed E-state index contributed by atoms with van der Waals surface area (Å²) in [5.41, 5.74) is 6.55. The molecule has 1 aliphatic heterocycles. The highest BCUT2D eigenvalue weighted by atomic mass is 32.2. The van der Waals surface area contributed by atoms with Gasteiger partial charge in [0.2, 0.25) is 15.2 Å². The summed E-state index contributed by atoms with van der Waals surface area (Å²) in [5, 5.41) is 16.6. The number of phenols is 1. The van der Waals surface area contributed by atoms with Crippen LogP contribution in [0.25, 0.3) is 11.3 Å². The predicted molar refractivity (Wildman–Crippen MR) is 160 cm³/mol. The maximum Gasteiger partial charge on any atom is 0.243 e. The lowest BCUT2D eigenvalue weighted by molar-refractivity contribution is 0.273. The maximum absolute atomic E-state index is 13.3. The molecule has 0 saturated carbocycles. The van der Waals surface area contributed by atoms with Crippen molar-refractivity contribution in [2.24, 2.45) is 11.0 Å². The minimum atomic E-state index is -3.54. The van der Waals surface area contributed by atoms with Crippen molar-refractivity contribution >= 4 is 32.7 Å². The van der Waals surface area contributed by atoms with Gasteiger partial charge in [-0.05, 0) is 73.6 Å². The van der Waals surface area contributed by atoms with E-state index < -0.39 is 10.0 Å². The molecule has 40 heavy (non-hydrogen) atoms. The average Bonchev–Trinajstić information content (AvgIpc) is 3.45. The fraction of sp³-hybridized carbons (Fsp3) is 0.267. The Morgan fingerprint density at radius 3 is 2.58 bits per heavy atom. The van der Waals surface area contributed by atoms with Gasteiger partial charge in [0.15, 0.2) is 11.5 Å². The molecule has 2 N–H and O–H groups in total. The molecule has 0 bridgehead atoms. The minimum Gasteiger partial charge on any atom is -0.504 e. The van der Waals surface area contributed by atoms with E-state index in [1.54, 1.807) is 53.0 Å². The van der Waals surface area contributed by atoms with Crippen molar-refractivity contribution in [2.45, 2.75) is 31.1 Å². The zero-order valence-corrected chi connectivity index (χ0v) is 23.9. The van der Waals surface area contributed by atoms with Crippen molar-refractivity contribution in [3.8, 4) is 22.8 Å². The SMILES string of the molecule is CCOc1cc(/C=N/Nc2nc(-c3ccc(S(=O)(=O)N4CCC(Cc5ccccc5)CC4)cc3)cs2)ccc1O. The van der Waals surface area contributed by atoms with Crippen molar-refractivity contribution in [1.29, 1.82) is 0 Å². The number of hydrazone groups is 1. The fourth-order valence-electron chi connectivity index (χ4n) is 4.75. The van der Waals surface area contributed by atoms with Gasteiger partial charge >= 0.3 is 0 Å². The summed E-state index contributed by atoms with van der Waals surface area (Å²) in [6.45, 7) is 3.39. The van der Waals surface area contributed by atoms with Crippen LogP contribution in [0.4, 0.5) is 5.13 Å². The second kappa shape index (κ2) is 12.6. The number of nitrogens with zero attached hydrogens (tertiary/aromatic N) is 3. The molecule has 0 atom stereocenters. The van der Waals surface area contributed by atoms with Gasteiger partial charge in [-0.15, -0.1) is 11.3 Å². The van der Waals surface area contributed by atoms with Crippen LogP contribution in [0.2, 0.25) is 0 Å². The normalized spacial score (nSPS) is 14.9. The van der Waals surface area contributed by atoms with Crippen molar-refractivity contribution in [1.82, 2.24) is 9.29 Å². The Hall–Kier alpha value is -3.73.